The highest BCUT2D eigenvalue weighted by molar-refractivity contribution is 5.99. The minimum Gasteiger partial charge on any atom is -0.480 e. The van der Waals surface area contributed by atoms with Crippen LogP contribution in [0.4, 0.5) is 36.4 Å². The number of aryl methyl sites for hydroxylation is 2. The van der Waals surface area contributed by atoms with E-state index in [4.69, 9.17) is 4.74 Å². The summed E-state index contributed by atoms with van der Waals surface area (Å²) in [6.07, 6.45) is -8.70. The van der Waals surface area contributed by atoms with Crippen molar-refractivity contribution < 1.29 is 50.2 Å². The number of benzene rings is 2. The lowest BCUT2D eigenvalue weighted by molar-refractivity contribution is -0.167. The van der Waals surface area contributed by atoms with Crippen LogP contribution >= 0.6 is 0 Å². The molecule has 0 bridgehead atoms. The van der Waals surface area contributed by atoms with Crippen LogP contribution < -0.4 is 15.8 Å². The van der Waals surface area contributed by atoms with Gasteiger partial charge in [-0.25, -0.2) is 9.18 Å². The van der Waals surface area contributed by atoms with Crippen molar-refractivity contribution in [2.45, 2.75) is 44.7 Å². The SMILES string of the molecule is Cc1cc(N2CCOC[C@@H]2C(F)(F)F)cc(F)c1C(=O)NC(Cc1ccc(-c2c(C(F)(F)F)cc(C)n(C)c2=O)c2ncccc12)C(=O)O. The molecule has 0 spiro atoms. The number of nitrogens with one attached hydrogen (secondary N) is 1. The van der Waals surface area contributed by atoms with Gasteiger partial charge in [0.05, 0.1) is 35.4 Å². The molecule has 0 aliphatic carbocycles. The number of amides is 1. The molecule has 49 heavy (non-hydrogen) atoms. The number of carboxylic acids is 1. The third-order valence-corrected chi connectivity index (χ3v) is 8.47. The van der Waals surface area contributed by atoms with Crippen molar-refractivity contribution in [1.29, 1.82) is 0 Å². The summed E-state index contributed by atoms with van der Waals surface area (Å²) in [6.45, 7) is 1.76. The highest BCUT2D eigenvalue weighted by Gasteiger charge is 2.46. The summed E-state index contributed by atoms with van der Waals surface area (Å²) in [6, 6.07) is 4.54. The lowest BCUT2D eigenvalue weighted by Gasteiger charge is -2.38. The van der Waals surface area contributed by atoms with E-state index in [2.05, 4.69) is 10.3 Å². The molecule has 2 aromatic heterocycles. The first-order chi connectivity index (χ1) is 22.9. The van der Waals surface area contributed by atoms with Gasteiger partial charge < -0.3 is 24.6 Å². The monoisotopic (exact) mass is 694 g/mol. The van der Waals surface area contributed by atoms with Crippen molar-refractivity contribution in [3.05, 3.63) is 92.8 Å². The van der Waals surface area contributed by atoms with Crippen molar-refractivity contribution in [2.24, 2.45) is 7.05 Å². The van der Waals surface area contributed by atoms with E-state index in [1.165, 1.54) is 57.4 Å². The van der Waals surface area contributed by atoms with E-state index < -0.39 is 77.4 Å². The Balaban J connectivity index is 1.48. The Labute approximate surface area is 273 Å². The van der Waals surface area contributed by atoms with Crippen molar-refractivity contribution >= 4 is 28.5 Å². The van der Waals surface area contributed by atoms with E-state index in [1.54, 1.807) is 0 Å². The van der Waals surface area contributed by atoms with Crippen LogP contribution in [0.5, 0.6) is 0 Å². The fourth-order valence-electron chi connectivity index (χ4n) is 5.93. The quantitative estimate of drug-likeness (QED) is 0.244. The number of carbonyl (C=O) groups is 2. The molecular formula is C33H29F7N4O5. The van der Waals surface area contributed by atoms with Gasteiger partial charge in [0.1, 0.15) is 17.9 Å². The number of aromatic nitrogens is 2. The van der Waals surface area contributed by atoms with Crippen LogP contribution in [0.2, 0.25) is 0 Å². The highest BCUT2D eigenvalue weighted by Crippen LogP contribution is 2.39. The molecule has 1 unspecified atom stereocenters. The second kappa shape index (κ2) is 13.1. The molecule has 5 rings (SSSR count). The van der Waals surface area contributed by atoms with Gasteiger partial charge in [-0.3, -0.25) is 14.6 Å². The molecule has 1 fully saturated rings. The Kier molecular flexibility index (Phi) is 9.47. The van der Waals surface area contributed by atoms with Gasteiger partial charge in [0, 0.05) is 48.5 Å². The zero-order valence-corrected chi connectivity index (χ0v) is 26.2. The van der Waals surface area contributed by atoms with Crippen LogP contribution in [-0.2, 0) is 29.2 Å². The van der Waals surface area contributed by atoms with E-state index in [9.17, 15) is 45.8 Å². The molecule has 4 aromatic rings. The summed E-state index contributed by atoms with van der Waals surface area (Å²) < 4.78 is 105. The molecular weight excluding hydrogens is 665 g/mol. The first-order valence-corrected chi connectivity index (χ1v) is 14.8. The van der Waals surface area contributed by atoms with E-state index in [0.717, 1.165) is 21.6 Å². The number of rotatable bonds is 7. The van der Waals surface area contributed by atoms with Gasteiger partial charge in [-0.05, 0) is 49.2 Å². The number of hydrogen-bond donors (Lipinski definition) is 2. The Hall–Kier alpha value is -4.99. The number of carboxylic acid groups (broad SMARTS) is 1. The van der Waals surface area contributed by atoms with E-state index in [-0.39, 0.29) is 52.1 Å². The van der Waals surface area contributed by atoms with Gasteiger partial charge in [0.25, 0.3) is 11.5 Å². The smallest absolute Gasteiger partial charge is 0.417 e. The van der Waals surface area contributed by atoms with Crippen LogP contribution in [0.3, 0.4) is 0 Å². The molecule has 260 valence electrons. The first kappa shape index (κ1) is 35.3. The first-order valence-electron chi connectivity index (χ1n) is 14.8. The summed E-state index contributed by atoms with van der Waals surface area (Å²) in [7, 11) is 1.32. The molecule has 3 heterocycles. The van der Waals surface area contributed by atoms with E-state index in [0.29, 0.717) is 0 Å². The summed E-state index contributed by atoms with van der Waals surface area (Å²) in [4.78, 5) is 43.8. The molecule has 1 saturated heterocycles. The summed E-state index contributed by atoms with van der Waals surface area (Å²) in [5, 5.41) is 12.4. The number of nitrogens with zero attached hydrogens (tertiary/aromatic N) is 3. The molecule has 2 N–H and O–H groups in total. The molecule has 9 nitrogen and oxygen atoms in total. The number of hydrogen-bond acceptors (Lipinski definition) is 6. The zero-order chi connectivity index (χ0) is 36.0. The van der Waals surface area contributed by atoms with Gasteiger partial charge in [0.15, 0.2) is 0 Å². The van der Waals surface area contributed by atoms with Crippen LogP contribution in [0.25, 0.3) is 22.0 Å². The number of ether oxygens (including phenoxy) is 1. The Morgan fingerprint density at radius 3 is 2.45 bits per heavy atom. The normalized spacial score (nSPS) is 16.1. The number of aliphatic carboxylic acids is 1. The molecule has 1 amide bonds. The van der Waals surface area contributed by atoms with Crippen LogP contribution in [0.15, 0.2) is 53.5 Å². The lowest BCUT2D eigenvalue weighted by Crippen LogP contribution is -2.53. The number of morpholine rings is 1. The van der Waals surface area contributed by atoms with Crippen LogP contribution in [0.1, 0.15) is 32.7 Å². The van der Waals surface area contributed by atoms with E-state index in [1.807, 2.05) is 0 Å². The molecule has 2 atom stereocenters. The van der Waals surface area contributed by atoms with Gasteiger partial charge in [-0.1, -0.05) is 18.2 Å². The standard InChI is InChI=1S/C33H29F7N4O5/c1-16-11-19(44-9-10-49-15-25(44)33(38,39)40)14-23(34)26(16)29(45)42-24(31(47)48)13-18-6-7-21(28-20(18)5-4-8-41-28)27-22(32(35,36)37)12-17(2)43(3)30(27)46/h4-8,11-12,14,24-25H,9-10,13,15H2,1-3H3,(H,42,45)(H,47,48)/t24?,25-/m1/s1. The minimum atomic E-state index is -4.89. The highest BCUT2D eigenvalue weighted by atomic mass is 19.4. The predicted molar refractivity (Wildman–Crippen MR) is 164 cm³/mol. The largest absolute Gasteiger partial charge is 0.480 e. The Morgan fingerprint density at radius 2 is 1.82 bits per heavy atom. The summed E-state index contributed by atoms with van der Waals surface area (Å²) in [5.74, 6) is -3.86. The number of carbonyl (C=O) groups excluding carboxylic acids is 1. The third-order valence-electron chi connectivity index (χ3n) is 8.47. The van der Waals surface area contributed by atoms with Crippen molar-refractivity contribution in [3.63, 3.8) is 0 Å². The van der Waals surface area contributed by atoms with Crippen molar-refractivity contribution in [3.8, 4) is 11.1 Å². The fraction of sp³-hybridized carbons (Fsp3) is 0.333. The summed E-state index contributed by atoms with van der Waals surface area (Å²) >= 11 is 0. The molecule has 0 radical (unpaired) electrons. The number of alkyl halides is 6. The average molecular weight is 695 g/mol. The Morgan fingerprint density at radius 1 is 1.10 bits per heavy atom. The number of fused-ring (bicyclic) bond motifs is 1. The van der Waals surface area contributed by atoms with Crippen LogP contribution in [0, 0.1) is 19.7 Å². The second-order valence-electron chi connectivity index (χ2n) is 11.6. The van der Waals surface area contributed by atoms with Gasteiger partial charge >= 0.3 is 18.3 Å². The average Bonchev–Trinajstić information content (AvgIpc) is 3.02. The minimum absolute atomic E-state index is 0.0281. The van der Waals surface area contributed by atoms with Crippen LogP contribution in [-0.4, -0.2) is 64.6 Å². The maximum atomic E-state index is 15.4. The number of pyridine rings is 2. The zero-order valence-electron chi connectivity index (χ0n) is 26.2. The molecule has 1 aliphatic heterocycles. The molecule has 1 aliphatic rings. The predicted octanol–water partition coefficient (Wildman–Crippen LogP) is 5.57. The molecule has 16 heteroatoms. The topological polar surface area (TPSA) is 114 Å². The maximum Gasteiger partial charge on any atom is 0.417 e. The molecule has 0 saturated carbocycles. The van der Waals surface area contributed by atoms with Crippen molar-refractivity contribution in [2.75, 3.05) is 24.7 Å². The number of anilines is 1. The fourth-order valence-corrected chi connectivity index (χ4v) is 5.93. The maximum absolute atomic E-state index is 15.4. The van der Waals surface area contributed by atoms with E-state index >= 15 is 4.39 Å². The van der Waals surface area contributed by atoms with Gasteiger partial charge in [-0.2, -0.15) is 26.3 Å². The lowest BCUT2D eigenvalue weighted by atomic mass is 9.93. The third kappa shape index (κ3) is 6.95. The second-order valence-corrected chi connectivity index (χ2v) is 11.6. The molecule has 2 aromatic carbocycles. The van der Waals surface area contributed by atoms with Gasteiger partial charge in [0.2, 0.25) is 0 Å². The summed E-state index contributed by atoms with van der Waals surface area (Å²) in [5.41, 5.74) is -3.38. The number of halogens is 7. The van der Waals surface area contributed by atoms with Crippen molar-refractivity contribution in [1.82, 2.24) is 14.9 Å². The Bertz CT molecular complexity index is 1990. The van der Waals surface area contributed by atoms with Gasteiger partial charge in [-0.15, -0.1) is 0 Å².